The molecule has 7 rings (SSSR count). The van der Waals surface area contributed by atoms with Crippen molar-refractivity contribution in [3.63, 3.8) is 0 Å². The molecule has 184 valence electrons. The molecule has 2 N–H and O–H groups in total. The second-order valence-corrected chi connectivity index (χ2v) is 12.0. The SMILES string of the molecule is O=C(CCNC(=O)C12CC3CC(CC(C3)C1)C2)Nc1cccc(N2CCN(CC3CC3)CC2)c1. The Balaban J connectivity index is 0.961. The predicted molar refractivity (Wildman–Crippen MR) is 135 cm³/mol. The summed E-state index contributed by atoms with van der Waals surface area (Å²) in [4.78, 5) is 30.7. The minimum Gasteiger partial charge on any atom is -0.369 e. The molecule has 5 aliphatic carbocycles. The van der Waals surface area contributed by atoms with Gasteiger partial charge in [0.15, 0.2) is 0 Å². The van der Waals surface area contributed by atoms with Crippen molar-refractivity contribution in [2.24, 2.45) is 29.1 Å². The largest absolute Gasteiger partial charge is 0.369 e. The van der Waals surface area contributed by atoms with Crippen molar-refractivity contribution < 1.29 is 9.59 Å². The number of anilines is 2. The van der Waals surface area contributed by atoms with Crippen LogP contribution >= 0.6 is 0 Å². The van der Waals surface area contributed by atoms with Crippen LogP contribution in [-0.4, -0.2) is 56.0 Å². The van der Waals surface area contributed by atoms with Gasteiger partial charge in [0.1, 0.15) is 0 Å². The molecule has 34 heavy (non-hydrogen) atoms. The molecule has 1 aromatic rings. The number of carbonyl (C=O) groups is 2. The van der Waals surface area contributed by atoms with Crippen LogP contribution in [0.4, 0.5) is 11.4 Å². The summed E-state index contributed by atoms with van der Waals surface area (Å²) >= 11 is 0. The minimum atomic E-state index is -0.137. The zero-order valence-electron chi connectivity index (χ0n) is 20.4. The molecule has 1 heterocycles. The number of hydrogen-bond donors (Lipinski definition) is 2. The number of rotatable bonds is 8. The number of amides is 2. The Hall–Kier alpha value is -2.08. The topological polar surface area (TPSA) is 64.7 Å². The minimum absolute atomic E-state index is 0.0304. The molecule has 6 fully saturated rings. The summed E-state index contributed by atoms with van der Waals surface area (Å²) in [5.41, 5.74) is 1.89. The second-order valence-electron chi connectivity index (χ2n) is 12.0. The standard InChI is InChI=1S/C28H40N4O2/c33-26(6-7-29-27(34)28-16-21-12-22(17-28)14-23(13-21)18-28)30-24-2-1-3-25(15-24)32-10-8-31(9-11-32)19-20-4-5-20/h1-3,15,20-23H,4-14,16-19H2,(H,29,34)(H,30,33). The van der Waals surface area contributed by atoms with Crippen LogP contribution in [0.25, 0.3) is 0 Å². The van der Waals surface area contributed by atoms with Crippen molar-refractivity contribution in [1.29, 1.82) is 0 Å². The lowest BCUT2D eigenvalue weighted by Gasteiger charge is -2.55. The van der Waals surface area contributed by atoms with Gasteiger partial charge in [-0.3, -0.25) is 14.5 Å². The number of nitrogens with one attached hydrogen (secondary N) is 2. The highest BCUT2D eigenvalue weighted by atomic mass is 16.2. The van der Waals surface area contributed by atoms with Gasteiger partial charge in [-0.15, -0.1) is 0 Å². The van der Waals surface area contributed by atoms with Gasteiger partial charge in [-0.25, -0.2) is 0 Å². The van der Waals surface area contributed by atoms with Gasteiger partial charge >= 0.3 is 0 Å². The first-order valence-electron chi connectivity index (χ1n) is 13.7. The summed E-state index contributed by atoms with van der Waals surface area (Å²) in [5.74, 6) is 3.40. The molecule has 0 spiro atoms. The van der Waals surface area contributed by atoms with Crippen LogP contribution in [0, 0.1) is 29.1 Å². The highest BCUT2D eigenvalue weighted by Gasteiger charge is 2.54. The number of piperazine rings is 1. The fraction of sp³-hybridized carbons (Fsp3) is 0.714. The van der Waals surface area contributed by atoms with Gasteiger partial charge in [0.05, 0.1) is 0 Å². The Morgan fingerprint density at radius 3 is 2.26 bits per heavy atom. The maximum atomic E-state index is 13.1. The summed E-state index contributed by atoms with van der Waals surface area (Å²) in [5, 5.41) is 6.18. The molecular formula is C28H40N4O2. The molecule has 6 aliphatic rings. The molecule has 6 nitrogen and oxygen atoms in total. The average Bonchev–Trinajstić information content (AvgIpc) is 3.63. The first-order valence-corrected chi connectivity index (χ1v) is 13.7. The van der Waals surface area contributed by atoms with Crippen LogP contribution in [-0.2, 0) is 9.59 Å². The van der Waals surface area contributed by atoms with E-state index in [4.69, 9.17) is 0 Å². The van der Waals surface area contributed by atoms with Crippen LogP contribution in [0.1, 0.15) is 57.8 Å². The van der Waals surface area contributed by atoms with E-state index in [0.717, 1.165) is 74.8 Å². The van der Waals surface area contributed by atoms with Crippen LogP contribution in [0.15, 0.2) is 24.3 Å². The van der Waals surface area contributed by atoms with E-state index in [-0.39, 0.29) is 17.2 Å². The highest BCUT2D eigenvalue weighted by Crippen LogP contribution is 2.60. The van der Waals surface area contributed by atoms with Gasteiger partial charge in [-0.2, -0.15) is 0 Å². The zero-order valence-corrected chi connectivity index (χ0v) is 20.4. The molecule has 5 saturated carbocycles. The van der Waals surface area contributed by atoms with E-state index in [1.165, 1.54) is 44.3 Å². The summed E-state index contributed by atoms with van der Waals surface area (Å²) < 4.78 is 0. The van der Waals surface area contributed by atoms with E-state index in [1.54, 1.807) is 0 Å². The van der Waals surface area contributed by atoms with Crippen molar-refractivity contribution in [2.45, 2.75) is 57.8 Å². The van der Waals surface area contributed by atoms with Gasteiger partial charge in [0, 0.05) is 62.5 Å². The normalized spacial score (nSPS) is 32.6. The van der Waals surface area contributed by atoms with Crippen LogP contribution in [0.2, 0.25) is 0 Å². The van der Waals surface area contributed by atoms with Crippen LogP contribution in [0.3, 0.4) is 0 Å². The summed E-state index contributed by atoms with van der Waals surface area (Å²) in [6, 6.07) is 8.20. The first-order chi connectivity index (χ1) is 16.5. The van der Waals surface area contributed by atoms with Crippen molar-refractivity contribution in [3.05, 3.63) is 24.3 Å². The van der Waals surface area contributed by atoms with Crippen molar-refractivity contribution in [1.82, 2.24) is 10.2 Å². The first kappa shape index (κ1) is 22.4. The molecule has 1 aromatic carbocycles. The quantitative estimate of drug-likeness (QED) is 0.613. The molecule has 4 bridgehead atoms. The Morgan fingerprint density at radius 1 is 0.941 bits per heavy atom. The maximum Gasteiger partial charge on any atom is 0.226 e. The molecule has 6 heteroatoms. The maximum absolute atomic E-state index is 13.1. The number of benzene rings is 1. The van der Waals surface area contributed by atoms with Crippen molar-refractivity contribution in [3.8, 4) is 0 Å². The Kier molecular flexibility index (Phi) is 6.04. The van der Waals surface area contributed by atoms with E-state index in [9.17, 15) is 9.59 Å². The fourth-order valence-corrected chi connectivity index (χ4v) is 7.72. The third kappa shape index (κ3) is 4.84. The van der Waals surface area contributed by atoms with E-state index < -0.39 is 0 Å². The number of hydrogen-bond acceptors (Lipinski definition) is 4. The third-order valence-corrected chi connectivity index (χ3v) is 9.24. The Labute approximate surface area is 203 Å². The molecule has 1 aliphatic heterocycles. The lowest BCUT2D eigenvalue weighted by Crippen LogP contribution is -2.53. The van der Waals surface area contributed by atoms with E-state index in [0.29, 0.717) is 13.0 Å². The monoisotopic (exact) mass is 464 g/mol. The van der Waals surface area contributed by atoms with Gasteiger partial charge in [0.25, 0.3) is 0 Å². The van der Waals surface area contributed by atoms with E-state index in [1.807, 2.05) is 12.1 Å². The molecule has 0 unspecified atom stereocenters. The molecule has 0 atom stereocenters. The lowest BCUT2D eigenvalue weighted by molar-refractivity contribution is -0.146. The molecule has 1 saturated heterocycles. The molecular weight excluding hydrogens is 424 g/mol. The zero-order chi connectivity index (χ0) is 23.1. The predicted octanol–water partition coefficient (Wildman–Crippen LogP) is 3.88. The average molecular weight is 465 g/mol. The Bertz CT molecular complexity index is 883. The third-order valence-electron chi connectivity index (χ3n) is 9.24. The number of nitrogens with zero attached hydrogens (tertiary/aromatic N) is 2. The van der Waals surface area contributed by atoms with Gasteiger partial charge in [-0.1, -0.05) is 6.07 Å². The summed E-state index contributed by atoms with van der Waals surface area (Å²) in [6.07, 6.45) is 10.4. The van der Waals surface area contributed by atoms with Crippen molar-refractivity contribution in [2.75, 3.05) is 49.5 Å². The number of carbonyl (C=O) groups excluding carboxylic acids is 2. The van der Waals surface area contributed by atoms with E-state index in [2.05, 4.69) is 32.6 Å². The van der Waals surface area contributed by atoms with Gasteiger partial charge in [-0.05, 0) is 93.2 Å². The van der Waals surface area contributed by atoms with Gasteiger partial charge in [0.2, 0.25) is 11.8 Å². The Morgan fingerprint density at radius 2 is 1.62 bits per heavy atom. The summed E-state index contributed by atoms with van der Waals surface area (Å²) in [7, 11) is 0. The van der Waals surface area contributed by atoms with Crippen LogP contribution < -0.4 is 15.5 Å². The molecule has 2 amide bonds. The smallest absolute Gasteiger partial charge is 0.226 e. The van der Waals surface area contributed by atoms with Gasteiger partial charge < -0.3 is 15.5 Å². The lowest BCUT2D eigenvalue weighted by atomic mass is 9.49. The van der Waals surface area contributed by atoms with E-state index >= 15 is 0 Å². The molecule has 0 radical (unpaired) electrons. The second kappa shape index (κ2) is 9.18. The highest BCUT2D eigenvalue weighted by molar-refractivity contribution is 5.92. The molecule has 0 aromatic heterocycles. The van der Waals surface area contributed by atoms with Crippen molar-refractivity contribution >= 4 is 23.2 Å². The van der Waals surface area contributed by atoms with Crippen LogP contribution in [0.5, 0.6) is 0 Å². The fourth-order valence-electron chi connectivity index (χ4n) is 7.72. The summed E-state index contributed by atoms with van der Waals surface area (Å²) in [6.45, 7) is 6.02.